The maximum atomic E-state index is 12.8. The third-order valence-corrected chi connectivity index (χ3v) is 5.36. The van der Waals surface area contributed by atoms with Crippen LogP contribution in [0.25, 0.3) is 0 Å². The van der Waals surface area contributed by atoms with Crippen LogP contribution in [0.4, 0.5) is 4.39 Å². The molecular weight excluding hydrogens is 389 g/mol. The maximum Gasteiger partial charge on any atom is 0.276 e. The molecule has 2 aromatic rings. The first kappa shape index (κ1) is 19.8. The molecule has 1 aliphatic rings. The van der Waals surface area contributed by atoms with Gasteiger partial charge in [0.1, 0.15) is 11.6 Å². The molecule has 0 saturated heterocycles. The van der Waals surface area contributed by atoms with Crippen molar-refractivity contribution in [1.29, 1.82) is 0 Å². The zero-order chi connectivity index (χ0) is 20.1. The van der Waals surface area contributed by atoms with E-state index in [1.165, 1.54) is 48.5 Å². The summed E-state index contributed by atoms with van der Waals surface area (Å²) < 4.78 is 44.6. The largest absolute Gasteiger partial charge is 0.484 e. The van der Waals surface area contributed by atoms with Gasteiger partial charge in [-0.3, -0.25) is 20.4 Å². The Balaban J connectivity index is 1.47. The van der Waals surface area contributed by atoms with Crippen LogP contribution in [0.2, 0.25) is 0 Å². The molecule has 10 heteroatoms. The van der Waals surface area contributed by atoms with Crippen LogP contribution in [0.5, 0.6) is 5.75 Å². The lowest BCUT2D eigenvalue weighted by atomic mass is 10.2. The summed E-state index contributed by atoms with van der Waals surface area (Å²) in [7, 11) is -3.59. The first-order valence-corrected chi connectivity index (χ1v) is 9.92. The van der Waals surface area contributed by atoms with Gasteiger partial charge in [-0.05, 0) is 61.4 Å². The van der Waals surface area contributed by atoms with Crippen molar-refractivity contribution in [1.82, 2.24) is 15.6 Å². The van der Waals surface area contributed by atoms with Crippen molar-refractivity contribution in [2.24, 2.45) is 0 Å². The number of amides is 2. The molecule has 0 bridgehead atoms. The quantitative estimate of drug-likeness (QED) is 0.595. The van der Waals surface area contributed by atoms with Gasteiger partial charge >= 0.3 is 0 Å². The van der Waals surface area contributed by atoms with Crippen LogP contribution in [0, 0.1) is 5.82 Å². The van der Waals surface area contributed by atoms with Gasteiger partial charge in [0.15, 0.2) is 6.61 Å². The van der Waals surface area contributed by atoms with E-state index >= 15 is 0 Å². The lowest BCUT2D eigenvalue weighted by Gasteiger charge is -2.09. The minimum atomic E-state index is -3.59. The number of rotatable bonds is 7. The van der Waals surface area contributed by atoms with Crippen molar-refractivity contribution >= 4 is 21.8 Å². The summed E-state index contributed by atoms with van der Waals surface area (Å²) in [6.45, 7) is -0.379. The molecule has 0 atom stereocenters. The molecule has 0 unspecified atom stereocenters. The van der Waals surface area contributed by atoms with E-state index in [4.69, 9.17) is 4.74 Å². The molecule has 28 heavy (non-hydrogen) atoms. The Morgan fingerprint density at radius 2 is 1.64 bits per heavy atom. The summed E-state index contributed by atoms with van der Waals surface area (Å²) in [6, 6.07) is 10.4. The number of nitrogens with one attached hydrogen (secondary N) is 3. The fourth-order valence-corrected chi connectivity index (χ4v) is 3.49. The van der Waals surface area contributed by atoms with Gasteiger partial charge in [-0.1, -0.05) is 0 Å². The molecule has 8 nitrogen and oxygen atoms in total. The summed E-state index contributed by atoms with van der Waals surface area (Å²) in [5, 5.41) is 0. The fraction of sp³-hybridized carbons (Fsp3) is 0.222. The summed E-state index contributed by atoms with van der Waals surface area (Å²) in [5.41, 5.74) is 4.55. The van der Waals surface area contributed by atoms with Crippen LogP contribution in [-0.2, 0) is 14.8 Å². The van der Waals surface area contributed by atoms with Gasteiger partial charge in [-0.2, -0.15) is 0 Å². The summed E-state index contributed by atoms with van der Waals surface area (Å²) in [5.74, 6) is -1.36. The summed E-state index contributed by atoms with van der Waals surface area (Å²) in [6.07, 6.45) is 1.65. The van der Waals surface area contributed by atoms with Gasteiger partial charge in [0, 0.05) is 11.6 Å². The minimum Gasteiger partial charge on any atom is -0.484 e. The first-order chi connectivity index (χ1) is 13.3. The Hall–Kier alpha value is -2.98. The Labute approximate surface area is 161 Å². The van der Waals surface area contributed by atoms with Crippen LogP contribution >= 0.6 is 0 Å². The standard InChI is InChI=1S/C18H18FN3O5S/c19-13-3-7-15(8-4-13)27-11-17(23)20-21-18(24)12-1-9-16(10-2-12)28(25,26)22-14-5-6-14/h1-4,7-10,14,22H,5-6,11H2,(H,20,23)(H,21,24). The molecule has 2 amide bonds. The monoisotopic (exact) mass is 407 g/mol. The Morgan fingerprint density at radius 1 is 1.00 bits per heavy atom. The lowest BCUT2D eigenvalue weighted by molar-refractivity contribution is -0.123. The molecule has 0 spiro atoms. The molecule has 3 rings (SSSR count). The van der Waals surface area contributed by atoms with Crippen LogP contribution in [0.3, 0.4) is 0 Å². The molecule has 0 heterocycles. The molecule has 3 N–H and O–H groups in total. The second kappa shape index (κ2) is 8.36. The molecule has 2 aromatic carbocycles. The predicted octanol–water partition coefficient (Wildman–Crippen LogP) is 1.11. The number of ether oxygens (including phenoxy) is 1. The van der Waals surface area contributed by atoms with E-state index in [-0.39, 0.29) is 23.1 Å². The molecule has 1 aliphatic carbocycles. The maximum absolute atomic E-state index is 12.8. The van der Waals surface area contributed by atoms with Crippen molar-refractivity contribution in [3.63, 3.8) is 0 Å². The summed E-state index contributed by atoms with van der Waals surface area (Å²) >= 11 is 0. The van der Waals surface area contributed by atoms with Crippen molar-refractivity contribution in [2.45, 2.75) is 23.8 Å². The van der Waals surface area contributed by atoms with E-state index in [1.54, 1.807) is 0 Å². The first-order valence-electron chi connectivity index (χ1n) is 8.43. The van der Waals surface area contributed by atoms with Crippen molar-refractivity contribution in [2.75, 3.05) is 6.61 Å². The number of hydrogen-bond acceptors (Lipinski definition) is 5. The SMILES string of the molecule is O=C(COc1ccc(F)cc1)NNC(=O)c1ccc(S(=O)(=O)NC2CC2)cc1. The van der Waals surface area contributed by atoms with Crippen molar-refractivity contribution < 1.29 is 27.1 Å². The van der Waals surface area contributed by atoms with E-state index in [0.29, 0.717) is 5.75 Å². The highest BCUT2D eigenvalue weighted by molar-refractivity contribution is 7.89. The van der Waals surface area contributed by atoms with Crippen molar-refractivity contribution in [3.05, 3.63) is 59.9 Å². The third-order valence-electron chi connectivity index (χ3n) is 3.82. The van der Waals surface area contributed by atoms with Crippen molar-refractivity contribution in [3.8, 4) is 5.75 Å². The van der Waals surface area contributed by atoms with Crippen LogP contribution in [-0.4, -0.2) is 32.9 Å². The summed E-state index contributed by atoms with van der Waals surface area (Å²) in [4.78, 5) is 23.8. The van der Waals surface area contributed by atoms with Gasteiger partial charge in [0.2, 0.25) is 10.0 Å². The molecule has 148 valence electrons. The van der Waals surface area contributed by atoms with E-state index in [9.17, 15) is 22.4 Å². The predicted molar refractivity (Wildman–Crippen MR) is 97.3 cm³/mol. The fourth-order valence-electron chi connectivity index (χ4n) is 2.19. The van der Waals surface area contributed by atoms with E-state index in [2.05, 4.69) is 15.6 Å². The second-order valence-electron chi connectivity index (χ2n) is 6.16. The number of hydrogen-bond donors (Lipinski definition) is 3. The molecule has 1 saturated carbocycles. The molecule has 0 radical (unpaired) electrons. The Bertz CT molecular complexity index is 958. The minimum absolute atomic E-state index is 0.0136. The number of hydrazine groups is 1. The van der Waals surface area contributed by atoms with Gasteiger partial charge in [0.05, 0.1) is 4.90 Å². The van der Waals surface area contributed by atoms with E-state index in [1.807, 2.05) is 0 Å². The normalized spacial score (nSPS) is 13.6. The van der Waals surface area contributed by atoms with Gasteiger partial charge in [-0.15, -0.1) is 0 Å². The van der Waals surface area contributed by atoms with Crippen LogP contribution in [0.15, 0.2) is 53.4 Å². The zero-order valence-electron chi connectivity index (χ0n) is 14.6. The number of halogens is 1. The zero-order valence-corrected chi connectivity index (χ0v) is 15.5. The lowest BCUT2D eigenvalue weighted by Crippen LogP contribution is -2.43. The topological polar surface area (TPSA) is 114 Å². The van der Waals surface area contributed by atoms with E-state index in [0.717, 1.165) is 12.8 Å². The van der Waals surface area contributed by atoms with Gasteiger partial charge in [0.25, 0.3) is 11.8 Å². The molecule has 0 aromatic heterocycles. The second-order valence-corrected chi connectivity index (χ2v) is 7.88. The molecule has 1 fully saturated rings. The van der Waals surface area contributed by atoms with Gasteiger partial charge in [-0.25, -0.2) is 17.5 Å². The molecule has 0 aliphatic heterocycles. The highest BCUT2D eigenvalue weighted by Gasteiger charge is 2.27. The average Bonchev–Trinajstić information content (AvgIpc) is 3.49. The third kappa shape index (κ3) is 5.51. The van der Waals surface area contributed by atoms with Gasteiger partial charge < -0.3 is 4.74 Å². The Morgan fingerprint density at radius 3 is 2.25 bits per heavy atom. The van der Waals surface area contributed by atoms with Crippen LogP contribution in [0.1, 0.15) is 23.2 Å². The van der Waals surface area contributed by atoms with Crippen LogP contribution < -0.4 is 20.3 Å². The number of benzene rings is 2. The highest BCUT2D eigenvalue weighted by Crippen LogP contribution is 2.22. The molecular formula is C18H18FN3O5S. The average molecular weight is 407 g/mol. The number of sulfonamides is 1. The Kier molecular flexibility index (Phi) is 5.90. The highest BCUT2D eigenvalue weighted by atomic mass is 32.2. The smallest absolute Gasteiger partial charge is 0.276 e. The number of carbonyl (C=O) groups excluding carboxylic acids is 2. The van der Waals surface area contributed by atoms with E-state index < -0.39 is 27.7 Å². The number of carbonyl (C=O) groups is 2.